The second-order valence-corrected chi connectivity index (χ2v) is 11.2. The molecule has 6 nitrogen and oxygen atoms in total. The number of rotatable bonds is 9. The van der Waals surface area contributed by atoms with Crippen LogP contribution in [0, 0.1) is 12.8 Å². The minimum absolute atomic E-state index is 0.0385. The van der Waals surface area contributed by atoms with Gasteiger partial charge in [-0.05, 0) is 70.1 Å². The van der Waals surface area contributed by atoms with Crippen molar-refractivity contribution in [1.82, 2.24) is 4.98 Å². The topological polar surface area (TPSA) is 94.7 Å². The number of aromatic nitrogens is 1. The number of pyridine rings is 1. The Balaban J connectivity index is 1.40. The van der Waals surface area contributed by atoms with Gasteiger partial charge < -0.3 is 20.3 Å². The van der Waals surface area contributed by atoms with Crippen LogP contribution in [-0.2, 0) is 17.6 Å². The van der Waals surface area contributed by atoms with Crippen LogP contribution < -0.4 is 15.2 Å². The minimum atomic E-state index is -1.33. The SMILES string of the molecule is COc1cc(C(=O)CCC(C)(O)c2cc3c(c(-c4ccc(C)cc4)n2)OCC3(C)N)ccc1CC1CC1. The molecular weight excluding hydrogens is 464 g/mol. The summed E-state index contributed by atoms with van der Waals surface area (Å²) in [5.74, 6) is 2.11. The number of ether oxygens (including phenoxy) is 2. The molecule has 3 N–H and O–H groups in total. The highest BCUT2D eigenvalue weighted by atomic mass is 16.5. The van der Waals surface area contributed by atoms with Crippen LogP contribution in [0.2, 0.25) is 0 Å². The van der Waals surface area contributed by atoms with E-state index in [2.05, 4.69) is 0 Å². The zero-order valence-electron chi connectivity index (χ0n) is 22.1. The van der Waals surface area contributed by atoms with Crippen molar-refractivity contribution in [2.75, 3.05) is 13.7 Å². The Kier molecular flexibility index (Phi) is 6.59. The van der Waals surface area contributed by atoms with Gasteiger partial charge in [-0.15, -0.1) is 0 Å². The largest absolute Gasteiger partial charge is 0.496 e. The molecule has 1 aromatic heterocycles. The van der Waals surface area contributed by atoms with Gasteiger partial charge in [0, 0.05) is 23.1 Å². The summed E-state index contributed by atoms with van der Waals surface area (Å²) in [4.78, 5) is 18.0. The lowest BCUT2D eigenvalue weighted by Crippen LogP contribution is -2.35. The van der Waals surface area contributed by atoms with Gasteiger partial charge in [-0.3, -0.25) is 4.79 Å². The molecule has 1 saturated carbocycles. The van der Waals surface area contributed by atoms with Crippen LogP contribution in [0.5, 0.6) is 11.5 Å². The number of aryl methyl sites for hydroxylation is 1. The van der Waals surface area contributed by atoms with E-state index in [1.807, 2.05) is 62.4 Å². The van der Waals surface area contributed by atoms with Crippen LogP contribution in [0.3, 0.4) is 0 Å². The maximum absolute atomic E-state index is 13.1. The van der Waals surface area contributed by atoms with Crippen molar-refractivity contribution in [3.8, 4) is 22.8 Å². The molecular formula is C31H36N2O4. The van der Waals surface area contributed by atoms with Crippen molar-refractivity contribution in [3.05, 3.63) is 76.5 Å². The number of carbonyl (C=O) groups is 1. The second kappa shape index (κ2) is 9.58. The highest BCUT2D eigenvalue weighted by Crippen LogP contribution is 2.44. The first-order valence-corrected chi connectivity index (χ1v) is 13.0. The van der Waals surface area contributed by atoms with Crippen LogP contribution >= 0.6 is 0 Å². The number of carbonyl (C=O) groups excluding carboxylic acids is 1. The van der Waals surface area contributed by atoms with Gasteiger partial charge in [0.2, 0.25) is 0 Å². The lowest BCUT2D eigenvalue weighted by molar-refractivity contribution is 0.0396. The smallest absolute Gasteiger partial charge is 0.163 e. The molecule has 0 saturated heterocycles. The number of fused-ring (bicyclic) bond motifs is 1. The maximum atomic E-state index is 13.1. The van der Waals surface area contributed by atoms with Crippen LogP contribution in [-0.4, -0.2) is 29.6 Å². The molecule has 1 aliphatic carbocycles. The molecule has 37 heavy (non-hydrogen) atoms. The summed E-state index contributed by atoms with van der Waals surface area (Å²) in [7, 11) is 1.64. The van der Waals surface area contributed by atoms with E-state index < -0.39 is 11.1 Å². The first kappa shape index (κ1) is 25.4. The van der Waals surface area contributed by atoms with Crippen molar-refractivity contribution in [2.45, 2.75) is 64.0 Å². The van der Waals surface area contributed by atoms with Crippen LogP contribution in [0.1, 0.15) is 72.3 Å². The second-order valence-electron chi connectivity index (χ2n) is 11.2. The Morgan fingerprint density at radius 2 is 1.95 bits per heavy atom. The molecule has 2 atom stereocenters. The Morgan fingerprint density at radius 1 is 1.22 bits per heavy atom. The molecule has 0 spiro atoms. The van der Waals surface area contributed by atoms with Crippen LogP contribution in [0.15, 0.2) is 48.5 Å². The van der Waals surface area contributed by atoms with Crippen molar-refractivity contribution < 1.29 is 19.4 Å². The Hall–Kier alpha value is -3.22. The number of Topliss-reactive ketones (excluding diaryl/α,β-unsaturated/α-hetero) is 1. The van der Waals surface area contributed by atoms with Gasteiger partial charge in [0.05, 0.1) is 18.3 Å². The van der Waals surface area contributed by atoms with E-state index in [0.29, 0.717) is 29.3 Å². The third-order valence-electron chi connectivity index (χ3n) is 7.63. The molecule has 2 unspecified atom stereocenters. The van der Waals surface area contributed by atoms with Gasteiger partial charge in [-0.2, -0.15) is 0 Å². The summed E-state index contributed by atoms with van der Waals surface area (Å²) in [6, 6.07) is 15.6. The molecule has 1 aliphatic heterocycles. The summed E-state index contributed by atoms with van der Waals surface area (Å²) < 4.78 is 11.5. The number of hydrogen-bond donors (Lipinski definition) is 2. The fourth-order valence-corrected chi connectivity index (χ4v) is 4.94. The molecule has 0 bridgehead atoms. The molecule has 0 radical (unpaired) electrons. The monoisotopic (exact) mass is 500 g/mol. The van der Waals surface area contributed by atoms with Crippen LogP contribution in [0.4, 0.5) is 0 Å². The number of nitrogens with two attached hydrogens (primary N) is 1. The van der Waals surface area contributed by atoms with Gasteiger partial charge in [-0.25, -0.2) is 4.98 Å². The predicted octanol–water partition coefficient (Wildman–Crippen LogP) is 5.46. The normalized spacial score (nSPS) is 20.2. The van der Waals surface area contributed by atoms with Gasteiger partial charge in [0.25, 0.3) is 0 Å². The third-order valence-corrected chi connectivity index (χ3v) is 7.63. The maximum Gasteiger partial charge on any atom is 0.163 e. The fourth-order valence-electron chi connectivity index (χ4n) is 4.94. The standard InChI is InChI=1S/C31H36N2O4/c1-19-5-9-21(10-6-19)28-29-24(30(2,32)18-37-29)17-27(33-28)31(3,35)14-13-25(34)22-11-12-23(15-20-7-8-20)26(16-22)36-4/h5-6,9-12,16-17,20,35H,7-8,13-15,18,32H2,1-4H3. The third kappa shape index (κ3) is 5.27. The molecule has 6 heteroatoms. The molecule has 2 aromatic carbocycles. The van der Waals surface area contributed by atoms with E-state index in [4.69, 9.17) is 20.2 Å². The summed E-state index contributed by atoms with van der Waals surface area (Å²) in [5, 5.41) is 11.5. The van der Waals surface area contributed by atoms with Crippen molar-refractivity contribution >= 4 is 5.78 Å². The first-order chi connectivity index (χ1) is 17.6. The van der Waals surface area contributed by atoms with Crippen LogP contribution in [0.25, 0.3) is 11.3 Å². The summed E-state index contributed by atoms with van der Waals surface area (Å²) >= 11 is 0. The number of hydrogen-bond acceptors (Lipinski definition) is 6. The van der Waals surface area contributed by atoms with Gasteiger partial charge >= 0.3 is 0 Å². The van der Waals surface area contributed by atoms with E-state index in [0.717, 1.165) is 40.3 Å². The Bertz CT molecular complexity index is 1320. The molecule has 1 fully saturated rings. The lowest BCUT2D eigenvalue weighted by atomic mass is 9.87. The molecule has 0 amide bonds. The van der Waals surface area contributed by atoms with E-state index in [9.17, 15) is 9.90 Å². The Labute approximate surface area is 218 Å². The highest BCUT2D eigenvalue weighted by Gasteiger charge is 2.38. The number of benzene rings is 2. The van der Waals surface area contributed by atoms with Gasteiger partial charge in [-0.1, -0.05) is 42.0 Å². The van der Waals surface area contributed by atoms with E-state index >= 15 is 0 Å². The number of nitrogens with zero attached hydrogens (tertiary/aromatic N) is 1. The zero-order chi connectivity index (χ0) is 26.4. The van der Waals surface area contributed by atoms with E-state index in [-0.39, 0.29) is 18.6 Å². The minimum Gasteiger partial charge on any atom is -0.496 e. The molecule has 2 heterocycles. The lowest BCUT2D eigenvalue weighted by Gasteiger charge is -2.25. The zero-order valence-corrected chi connectivity index (χ0v) is 22.1. The average molecular weight is 501 g/mol. The van der Waals surface area contributed by atoms with E-state index in [1.54, 1.807) is 14.0 Å². The Morgan fingerprint density at radius 3 is 2.62 bits per heavy atom. The quantitative estimate of drug-likeness (QED) is 0.379. The first-order valence-electron chi connectivity index (χ1n) is 13.0. The van der Waals surface area contributed by atoms with Crippen molar-refractivity contribution in [2.24, 2.45) is 11.7 Å². The number of ketones is 1. The number of aliphatic hydroxyl groups is 1. The molecule has 3 aromatic rings. The average Bonchev–Trinajstić information content (AvgIpc) is 3.64. The van der Waals surface area contributed by atoms with Gasteiger partial charge in [0.1, 0.15) is 23.7 Å². The molecule has 194 valence electrons. The predicted molar refractivity (Wildman–Crippen MR) is 144 cm³/mol. The summed E-state index contributed by atoms with van der Waals surface area (Å²) in [6.07, 6.45) is 3.91. The number of methoxy groups -OCH3 is 1. The summed E-state index contributed by atoms with van der Waals surface area (Å²) in [6.45, 7) is 5.99. The van der Waals surface area contributed by atoms with Gasteiger partial charge in [0.15, 0.2) is 11.5 Å². The summed E-state index contributed by atoms with van der Waals surface area (Å²) in [5.41, 5.74) is 10.2. The highest BCUT2D eigenvalue weighted by molar-refractivity contribution is 5.96. The molecule has 2 aliphatic rings. The molecule has 5 rings (SSSR count). The van der Waals surface area contributed by atoms with Crippen molar-refractivity contribution in [3.63, 3.8) is 0 Å². The fraction of sp³-hybridized carbons (Fsp3) is 0.419. The van der Waals surface area contributed by atoms with E-state index in [1.165, 1.54) is 12.8 Å². The van der Waals surface area contributed by atoms with Crippen molar-refractivity contribution in [1.29, 1.82) is 0 Å².